The standard InChI is InChI=1S/C17H14F2N4O2/c18-11-6-12-16(10(8-20)9-22-17(12)13(19)7-11)21-4-1-5-23-14(24)2-3-15(23)25/h6-7,9H,1-5H2,(H,21,22). The summed E-state index contributed by atoms with van der Waals surface area (Å²) < 4.78 is 27.4. The van der Waals surface area contributed by atoms with Crippen LogP contribution in [0.1, 0.15) is 24.8 Å². The first-order chi connectivity index (χ1) is 12.0. The number of imide groups is 1. The molecule has 25 heavy (non-hydrogen) atoms. The smallest absolute Gasteiger partial charge is 0.229 e. The minimum absolute atomic E-state index is 0.0344. The molecule has 0 saturated carbocycles. The van der Waals surface area contributed by atoms with Crippen molar-refractivity contribution in [2.24, 2.45) is 0 Å². The average molecular weight is 344 g/mol. The van der Waals surface area contributed by atoms with Crippen LogP contribution >= 0.6 is 0 Å². The number of carbonyl (C=O) groups is 2. The Hall–Kier alpha value is -3.08. The van der Waals surface area contributed by atoms with Crippen LogP contribution in [0.2, 0.25) is 0 Å². The van der Waals surface area contributed by atoms with Crippen LogP contribution in [0.4, 0.5) is 14.5 Å². The van der Waals surface area contributed by atoms with Crippen LogP contribution in [0.15, 0.2) is 18.3 Å². The first kappa shape index (κ1) is 16.8. The van der Waals surface area contributed by atoms with Gasteiger partial charge in [0.05, 0.1) is 11.3 Å². The molecule has 0 unspecified atom stereocenters. The van der Waals surface area contributed by atoms with E-state index in [2.05, 4.69) is 10.3 Å². The molecule has 0 aliphatic carbocycles. The lowest BCUT2D eigenvalue weighted by molar-refractivity contribution is -0.138. The van der Waals surface area contributed by atoms with Gasteiger partial charge < -0.3 is 5.32 Å². The van der Waals surface area contributed by atoms with E-state index >= 15 is 0 Å². The minimum Gasteiger partial charge on any atom is -0.383 e. The van der Waals surface area contributed by atoms with E-state index in [1.54, 1.807) is 0 Å². The largest absolute Gasteiger partial charge is 0.383 e. The van der Waals surface area contributed by atoms with Gasteiger partial charge in [0.1, 0.15) is 17.4 Å². The Labute approximate surface area is 142 Å². The quantitative estimate of drug-likeness (QED) is 0.665. The molecule has 1 aromatic carbocycles. The molecule has 2 aromatic rings. The third-order valence-corrected chi connectivity index (χ3v) is 4.03. The van der Waals surface area contributed by atoms with Gasteiger partial charge in [0.25, 0.3) is 0 Å². The number of amides is 2. The summed E-state index contributed by atoms with van der Waals surface area (Å²) in [5.74, 6) is -1.96. The molecule has 8 heteroatoms. The number of aromatic nitrogens is 1. The third-order valence-electron chi connectivity index (χ3n) is 4.03. The predicted octanol–water partition coefficient (Wildman–Crippen LogP) is 2.34. The Balaban J connectivity index is 1.77. The molecule has 1 aliphatic rings. The molecule has 1 aliphatic heterocycles. The van der Waals surface area contributed by atoms with E-state index in [0.717, 1.165) is 12.1 Å². The lowest BCUT2D eigenvalue weighted by atomic mass is 10.1. The summed E-state index contributed by atoms with van der Waals surface area (Å²) in [6.07, 6.45) is 2.14. The number of anilines is 1. The van der Waals surface area contributed by atoms with E-state index in [4.69, 9.17) is 0 Å². The van der Waals surface area contributed by atoms with Gasteiger partial charge >= 0.3 is 0 Å². The van der Waals surface area contributed by atoms with Gasteiger partial charge in [-0.2, -0.15) is 5.26 Å². The van der Waals surface area contributed by atoms with Gasteiger partial charge in [-0.1, -0.05) is 0 Å². The Morgan fingerprint density at radius 3 is 2.64 bits per heavy atom. The van der Waals surface area contributed by atoms with Crippen LogP contribution in [-0.4, -0.2) is 34.8 Å². The van der Waals surface area contributed by atoms with Crippen molar-refractivity contribution < 1.29 is 18.4 Å². The van der Waals surface area contributed by atoms with Gasteiger partial charge in [0.2, 0.25) is 11.8 Å². The summed E-state index contributed by atoms with van der Waals surface area (Å²) >= 11 is 0. The highest BCUT2D eigenvalue weighted by Crippen LogP contribution is 2.28. The normalized spacial score (nSPS) is 14.2. The number of benzene rings is 1. The second kappa shape index (κ2) is 6.81. The summed E-state index contributed by atoms with van der Waals surface area (Å²) in [6, 6.07) is 3.78. The van der Waals surface area contributed by atoms with Crippen LogP contribution in [0.25, 0.3) is 10.9 Å². The number of rotatable bonds is 5. The minimum atomic E-state index is -0.809. The Bertz CT molecular complexity index is 892. The Morgan fingerprint density at radius 1 is 1.24 bits per heavy atom. The molecule has 0 atom stereocenters. The summed E-state index contributed by atoms with van der Waals surface area (Å²) in [5, 5.41) is 12.3. The number of halogens is 2. The van der Waals surface area contributed by atoms with Gasteiger partial charge in [-0.3, -0.25) is 19.5 Å². The topological polar surface area (TPSA) is 86.1 Å². The molecule has 1 saturated heterocycles. The lowest BCUT2D eigenvalue weighted by Gasteiger charge is -2.15. The second-order valence-electron chi connectivity index (χ2n) is 5.66. The van der Waals surface area contributed by atoms with Crippen molar-refractivity contribution in [3.63, 3.8) is 0 Å². The van der Waals surface area contributed by atoms with Crippen LogP contribution in [0.5, 0.6) is 0 Å². The summed E-state index contributed by atoms with van der Waals surface area (Å²) in [7, 11) is 0. The maximum Gasteiger partial charge on any atom is 0.229 e. The number of pyridine rings is 1. The second-order valence-corrected chi connectivity index (χ2v) is 5.66. The van der Waals surface area contributed by atoms with E-state index in [9.17, 15) is 23.6 Å². The van der Waals surface area contributed by atoms with Crippen LogP contribution in [0, 0.1) is 23.0 Å². The molecule has 2 heterocycles. The molecule has 1 aromatic heterocycles. The van der Waals surface area contributed by atoms with Crippen molar-refractivity contribution in [3.8, 4) is 6.07 Å². The molecule has 0 spiro atoms. The fourth-order valence-corrected chi connectivity index (χ4v) is 2.82. The van der Waals surface area contributed by atoms with Crippen molar-refractivity contribution in [3.05, 3.63) is 35.5 Å². The summed E-state index contributed by atoms with van der Waals surface area (Å²) in [5.41, 5.74) is 0.406. The average Bonchev–Trinajstić information content (AvgIpc) is 2.90. The predicted molar refractivity (Wildman–Crippen MR) is 85.4 cm³/mol. The van der Waals surface area contributed by atoms with Crippen molar-refractivity contribution >= 4 is 28.4 Å². The van der Waals surface area contributed by atoms with E-state index in [1.807, 2.05) is 6.07 Å². The fraction of sp³-hybridized carbons (Fsp3) is 0.294. The molecular weight excluding hydrogens is 330 g/mol. The van der Waals surface area contributed by atoms with Crippen molar-refractivity contribution in [2.45, 2.75) is 19.3 Å². The molecule has 0 radical (unpaired) electrons. The highest BCUT2D eigenvalue weighted by molar-refractivity contribution is 6.01. The number of nitrogens with one attached hydrogen (secondary N) is 1. The number of likely N-dealkylation sites (tertiary alicyclic amines) is 1. The molecule has 128 valence electrons. The Kier molecular flexibility index (Phi) is 4.57. The van der Waals surface area contributed by atoms with Crippen LogP contribution in [0.3, 0.4) is 0 Å². The summed E-state index contributed by atoms with van der Waals surface area (Å²) in [6.45, 7) is 0.585. The number of hydrogen-bond acceptors (Lipinski definition) is 5. The van der Waals surface area contributed by atoms with Crippen molar-refractivity contribution in [1.29, 1.82) is 5.26 Å². The molecule has 0 bridgehead atoms. The lowest BCUT2D eigenvalue weighted by Crippen LogP contribution is -2.31. The first-order valence-electron chi connectivity index (χ1n) is 7.76. The van der Waals surface area contributed by atoms with Crippen LogP contribution < -0.4 is 5.32 Å². The zero-order valence-corrected chi connectivity index (χ0v) is 13.2. The Morgan fingerprint density at radius 2 is 1.96 bits per heavy atom. The molecule has 3 rings (SSSR count). The summed E-state index contributed by atoms with van der Waals surface area (Å²) in [4.78, 5) is 28.2. The number of carbonyl (C=O) groups excluding carboxylic acids is 2. The number of nitriles is 1. The maximum atomic E-state index is 13.8. The highest BCUT2D eigenvalue weighted by atomic mass is 19.1. The number of fused-ring (bicyclic) bond motifs is 1. The zero-order valence-electron chi connectivity index (χ0n) is 13.2. The highest BCUT2D eigenvalue weighted by Gasteiger charge is 2.27. The van der Waals surface area contributed by atoms with E-state index in [0.29, 0.717) is 13.0 Å². The van der Waals surface area contributed by atoms with Gasteiger partial charge in [0, 0.05) is 43.6 Å². The van der Waals surface area contributed by atoms with Crippen LogP contribution in [-0.2, 0) is 9.59 Å². The van der Waals surface area contributed by atoms with Crippen molar-refractivity contribution in [1.82, 2.24) is 9.88 Å². The third kappa shape index (κ3) is 3.26. The van der Waals surface area contributed by atoms with Gasteiger partial charge in [-0.05, 0) is 12.5 Å². The SMILES string of the molecule is N#Cc1cnc2c(F)cc(F)cc2c1NCCCN1C(=O)CCC1=O. The number of hydrogen-bond donors (Lipinski definition) is 1. The van der Waals surface area contributed by atoms with E-state index < -0.39 is 11.6 Å². The molecule has 6 nitrogen and oxygen atoms in total. The fourth-order valence-electron chi connectivity index (χ4n) is 2.82. The first-order valence-corrected chi connectivity index (χ1v) is 7.76. The zero-order chi connectivity index (χ0) is 18.0. The molecule has 1 fully saturated rings. The van der Waals surface area contributed by atoms with Gasteiger partial charge in [0.15, 0.2) is 5.82 Å². The van der Waals surface area contributed by atoms with Gasteiger partial charge in [-0.25, -0.2) is 8.78 Å². The van der Waals surface area contributed by atoms with Gasteiger partial charge in [-0.15, -0.1) is 0 Å². The molecule has 2 amide bonds. The van der Waals surface area contributed by atoms with Crippen molar-refractivity contribution in [2.75, 3.05) is 18.4 Å². The van der Waals surface area contributed by atoms with E-state index in [-0.39, 0.29) is 53.4 Å². The number of nitrogens with zero attached hydrogens (tertiary/aromatic N) is 3. The molecule has 1 N–H and O–H groups in total. The maximum absolute atomic E-state index is 13.8. The molecular formula is C17H14F2N4O2. The van der Waals surface area contributed by atoms with E-state index in [1.165, 1.54) is 11.1 Å². The monoisotopic (exact) mass is 344 g/mol.